The molecule has 0 bridgehead atoms. The van der Waals surface area contributed by atoms with E-state index in [0.29, 0.717) is 19.6 Å². The van der Waals surface area contributed by atoms with Crippen LogP contribution in [0.1, 0.15) is 30.6 Å². The summed E-state index contributed by atoms with van der Waals surface area (Å²) in [6.07, 6.45) is 4.80. The molecule has 0 fully saturated rings. The van der Waals surface area contributed by atoms with Gasteiger partial charge >= 0.3 is 5.97 Å². The van der Waals surface area contributed by atoms with E-state index in [1.54, 1.807) is 0 Å². The first kappa shape index (κ1) is 24.3. The number of rotatable bonds is 10. The fourth-order valence-electron chi connectivity index (χ4n) is 4.56. The molecular formula is C30H30N4O3. The number of aromatic nitrogens is 3. The van der Waals surface area contributed by atoms with Crippen molar-refractivity contribution >= 4 is 33.6 Å². The minimum atomic E-state index is -0.244. The first-order valence-electron chi connectivity index (χ1n) is 12.5. The van der Waals surface area contributed by atoms with Crippen LogP contribution in [0.25, 0.3) is 21.8 Å². The first-order valence-corrected chi connectivity index (χ1v) is 12.5. The van der Waals surface area contributed by atoms with Crippen LogP contribution in [0.4, 0.5) is 5.82 Å². The minimum Gasteiger partial charge on any atom is -0.493 e. The Bertz CT molecular complexity index is 1530. The van der Waals surface area contributed by atoms with Gasteiger partial charge in [0.15, 0.2) is 0 Å². The lowest BCUT2D eigenvalue weighted by Gasteiger charge is -2.20. The number of para-hydroxylation sites is 1. The van der Waals surface area contributed by atoms with E-state index in [2.05, 4.69) is 25.9 Å². The van der Waals surface area contributed by atoms with E-state index in [-0.39, 0.29) is 18.4 Å². The minimum absolute atomic E-state index is 0.217. The Hall–Kier alpha value is -4.39. The number of nitrogens with one attached hydrogen (secondary N) is 1. The molecule has 0 spiro atoms. The summed E-state index contributed by atoms with van der Waals surface area (Å²) in [4.78, 5) is 21.7. The summed E-state index contributed by atoms with van der Waals surface area (Å²) < 4.78 is 13.5. The highest BCUT2D eigenvalue weighted by Crippen LogP contribution is 2.31. The zero-order valence-corrected chi connectivity index (χ0v) is 21.1. The van der Waals surface area contributed by atoms with Gasteiger partial charge in [-0.3, -0.25) is 9.78 Å². The standard InChI is InChI=1S/C30H30N4O3/c1-3-36-30(35)19-28(23-17-21-7-4-5-9-26(21)32-20-23)34-15-13-22-18-25(11-12-27(22)34)37-16-14-24-8-6-10-29(31-2)33-24/h4-13,15,17-18,20,28H,3,14,16,19H2,1-2H3,(H,31,33). The van der Waals surface area contributed by atoms with Gasteiger partial charge in [-0.25, -0.2) is 4.98 Å². The number of nitrogens with zero attached hydrogens (tertiary/aromatic N) is 3. The molecular weight excluding hydrogens is 464 g/mol. The SMILES string of the molecule is CCOC(=O)CC(c1cnc2ccccc2c1)n1ccc2cc(OCCc3cccc(NC)n3)ccc21. The predicted molar refractivity (Wildman–Crippen MR) is 146 cm³/mol. The van der Waals surface area contributed by atoms with Crippen LogP contribution in [0.2, 0.25) is 0 Å². The van der Waals surface area contributed by atoms with Crippen LogP contribution in [0.15, 0.2) is 85.2 Å². The smallest absolute Gasteiger partial charge is 0.308 e. The summed E-state index contributed by atoms with van der Waals surface area (Å²) in [6.45, 7) is 2.70. The fraction of sp³-hybridized carbons (Fsp3) is 0.233. The van der Waals surface area contributed by atoms with Crippen molar-refractivity contribution in [1.29, 1.82) is 0 Å². The van der Waals surface area contributed by atoms with Gasteiger partial charge in [0.25, 0.3) is 0 Å². The molecule has 7 heteroatoms. The maximum atomic E-state index is 12.6. The van der Waals surface area contributed by atoms with Gasteiger partial charge in [-0.2, -0.15) is 0 Å². The van der Waals surface area contributed by atoms with E-state index >= 15 is 0 Å². The number of carbonyl (C=O) groups excluding carboxylic acids is 1. The van der Waals surface area contributed by atoms with Crippen molar-refractivity contribution in [3.63, 3.8) is 0 Å². The molecule has 0 aliphatic carbocycles. The third kappa shape index (κ3) is 5.56. The van der Waals surface area contributed by atoms with E-state index in [9.17, 15) is 4.79 Å². The fourth-order valence-corrected chi connectivity index (χ4v) is 4.56. The van der Waals surface area contributed by atoms with Gasteiger partial charge in [0.05, 0.1) is 31.2 Å². The normalized spacial score (nSPS) is 11.9. The number of fused-ring (bicyclic) bond motifs is 2. The van der Waals surface area contributed by atoms with Crippen molar-refractivity contribution in [2.24, 2.45) is 0 Å². The number of benzene rings is 2. The van der Waals surface area contributed by atoms with Crippen LogP contribution in [-0.2, 0) is 16.0 Å². The lowest BCUT2D eigenvalue weighted by Crippen LogP contribution is -2.17. The van der Waals surface area contributed by atoms with Gasteiger partial charge in [0.2, 0.25) is 0 Å². The zero-order chi connectivity index (χ0) is 25.6. The Labute approximate surface area is 216 Å². The molecule has 3 heterocycles. The third-order valence-corrected chi connectivity index (χ3v) is 6.38. The van der Waals surface area contributed by atoms with E-state index in [1.807, 2.05) is 93.1 Å². The number of ether oxygens (including phenoxy) is 2. The summed E-state index contributed by atoms with van der Waals surface area (Å²) in [6, 6.07) is 23.9. The second kappa shape index (κ2) is 11.1. The molecule has 5 aromatic rings. The van der Waals surface area contributed by atoms with E-state index in [4.69, 9.17) is 9.47 Å². The van der Waals surface area contributed by atoms with Crippen LogP contribution >= 0.6 is 0 Å². The van der Waals surface area contributed by atoms with Crippen LogP contribution in [0, 0.1) is 0 Å². The van der Waals surface area contributed by atoms with Crippen molar-refractivity contribution in [3.8, 4) is 5.75 Å². The number of esters is 1. The Morgan fingerprint density at radius 3 is 2.78 bits per heavy atom. The average Bonchev–Trinajstić information content (AvgIpc) is 3.35. The Morgan fingerprint density at radius 1 is 1.03 bits per heavy atom. The number of hydrogen-bond acceptors (Lipinski definition) is 6. The summed E-state index contributed by atoms with van der Waals surface area (Å²) >= 11 is 0. The maximum Gasteiger partial charge on any atom is 0.308 e. The highest BCUT2D eigenvalue weighted by molar-refractivity contribution is 5.83. The number of hydrogen-bond donors (Lipinski definition) is 1. The van der Waals surface area contributed by atoms with E-state index < -0.39 is 0 Å². The van der Waals surface area contributed by atoms with Gasteiger partial charge in [0, 0.05) is 47.8 Å². The molecule has 0 saturated carbocycles. The Kier molecular flexibility index (Phi) is 7.31. The van der Waals surface area contributed by atoms with E-state index in [1.165, 1.54) is 0 Å². The number of pyridine rings is 2. The molecule has 37 heavy (non-hydrogen) atoms. The molecule has 2 aromatic carbocycles. The van der Waals surface area contributed by atoms with Crippen molar-refractivity contribution < 1.29 is 14.3 Å². The van der Waals surface area contributed by atoms with Gasteiger partial charge in [-0.05, 0) is 61.0 Å². The van der Waals surface area contributed by atoms with Gasteiger partial charge < -0.3 is 19.4 Å². The molecule has 1 unspecified atom stereocenters. The Balaban J connectivity index is 1.39. The highest BCUT2D eigenvalue weighted by Gasteiger charge is 2.21. The summed E-state index contributed by atoms with van der Waals surface area (Å²) in [5.74, 6) is 1.40. The molecule has 0 aliphatic rings. The van der Waals surface area contributed by atoms with Crippen LogP contribution < -0.4 is 10.1 Å². The maximum absolute atomic E-state index is 12.6. The molecule has 5 rings (SSSR count). The van der Waals surface area contributed by atoms with Gasteiger partial charge in [-0.15, -0.1) is 0 Å². The summed E-state index contributed by atoms with van der Waals surface area (Å²) in [5, 5.41) is 5.13. The molecule has 0 aliphatic heterocycles. The molecule has 7 nitrogen and oxygen atoms in total. The summed E-state index contributed by atoms with van der Waals surface area (Å²) in [5.41, 5.74) is 3.87. The molecule has 188 valence electrons. The first-order chi connectivity index (χ1) is 18.1. The topological polar surface area (TPSA) is 78.3 Å². The average molecular weight is 495 g/mol. The highest BCUT2D eigenvalue weighted by atomic mass is 16.5. The van der Waals surface area contributed by atoms with Gasteiger partial charge in [0.1, 0.15) is 11.6 Å². The van der Waals surface area contributed by atoms with Crippen molar-refractivity contribution in [1.82, 2.24) is 14.5 Å². The van der Waals surface area contributed by atoms with Crippen molar-refractivity contribution in [2.75, 3.05) is 25.6 Å². The lowest BCUT2D eigenvalue weighted by molar-refractivity contribution is -0.143. The number of anilines is 1. The molecule has 3 aromatic heterocycles. The van der Waals surface area contributed by atoms with Crippen LogP contribution in [0.5, 0.6) is 5.75 Å². The molecule has 1 atom stereocenters. The Morgan fingerprint density at radius 2 is 1.92 bits per heavy atom. The van der Waals surface area contributed by atoms with Crippen LogP contribution in [0.3, 0.4) is 0 Å². The second-order valence-electron chi connectivity index (χ2n) is 8.79. The second-order valence-corrected chi connectivity index (χ2v) is 8.79. The summed E-state index contributed by atoms with van der Waals surface area (Å²) in [7, 11) is 1.86. The van der Waals surface area contributed by atoms with E-state index in [0.717, 1.165) is 44.6 Å². The molecule has 0 radical (unpaired) electrons. The molecule has 0 amide bonds. The van der Waals surface area contributed by atoms with Crippen molar-refractivity contribution in [2.45, 2.75) is 25.8 Å². The number of carbonyl (C=O) groups is 1. The third-order valence-electron chi connectivity index (χ3n) is 6.38. The predicted octanol–water partition coefficient (Wildman–Crippen LogP) is 5.79. The van der Waals surface area contributed by atoms with Crippen molar-refractivity contribution in [3.05, 3.63) is 96.4 Å². The lowest BCUT2D eigenvalue weighted by atomic mass is 10.0. The van der Waals surface area contributed by atoms with Crippen LogP contribution in [-0.4, -0.2) is 40.8 Å². The quantitative estimate of drug-likeness (QED) is 0.248. The zero-order valence-electron chi connectivity index (χ0n) is 21.1. The monoisotopic (exact) mass is 494 g/mol. The van der Waals surface area contributed by atoms with Gasteiger partial charge in [-0.1, -0.05) is 24.3 Å². The molecule has 0 saturated heterocycles. The molecule has 1 N–H and O–H groups in total. The largest absolute Gasteiger partial charge is 0.493 e.